The van der Waals surface area contributed by atoms with Crippen molar-refractivity contribution in [1.82, 2.24) is 4.90 Å². The van der Waals surface area contributed by atoms with E-state index in [-0.39, 0.29) is 17.7 Å². The molecule has 0 saturated heterocycles. The number of amides is 1. The molecule has 4 rings (SSSR count). The monoisotopic (exact) mass is 481 g/mol. The van der Waals surface area contributed by atoms with Crippen molar-refractivity contribution in [3.05, 3.63) is 82.0 Å². The second-order valence-electron chi connectivity index (χ2n) is 7.35. The lowest BCUT2D eigenvalue weighted by Gasteiger charge is -2.22. The molecule has 0 unspecified atom stereocenters. The number of nitrogens with zero attached hydrogens (tertiary/aromatic N) is 1. The van der Waals surface area contributed by atoms with Crippen molar-refractivity contribution in [3.63, 3.8) is 0 Å². The van der Waals surface area contributed by atoms with Crippen molar-refractivity contribution in [2.45, 2.75) is 36.5 Å². The van der Waals surface area contributed by atoms with Gasteiger partial charge in [-0.2, -0.15) is 21.6 Å². The smallest absolute Gasteiger partial charge is 0.379 e. The van der Waals surface area contributed by atoms with Gasteiger partial charge in [0, 0.05) is 12.6 Å². The molecule has 1 fully saturated rings. The van der Waals surface area contributed by atoms with Gasteiger partial charge in [-0.15, -0.1) is 11.3 Å². The van der Waals surface area contributed by atoms with Crippen LogP contribution in [0.4, 0.5) is 13.2 Å². The Morgan fingerprint density at radius 3 is 2.38 bits per heavy atom. The van der Waals surface area contributed by atoms with Crippen molar-refractivity contribution in [3.8, 4) is 5.75 Å². The van der Waals surface area contributed by atoms with Gasteiger partial charge in [0.05, 0.1) is 10.4 Å². The van der Waals surface area contributed by atoms with Gasteiger partial charge in [-0.25, -0.2) is 0 Å². The van der Waals surface area contributed by atoms with Crippen molar-refractivity contribution in [2.75, 3.05) is 0 Å². The van der Waals surface area contributed by atoms with Crippen LogP contribution >= 0.6 is 11.3 Å². The molecule has 0 radical (unpaired) electrons. The zero-order chi connectivity index (χ0) is 22.9. The molecule has 5 nitrogen and oxygen atoms in total. The molecule has 0 aliphatic heterocycles. The first kappa shape index (κ1) is 22.3. The van der Waals surface area contributed by atoms with E-state index in [1.165, 1.54) is 23.5 Å². The fourth-order valence-corrected chi connectivity index (χ4v) is 4.80. The SMILES string of the molecule is O=C(c1cccs1)N(Cc1ccc(OS(=O)(=O)c2cccc(C(F)(F)F)c2)cc1)C1CC1. The van der Waals surface area contributed by atoms with Crippen LogP contribution < -0.4 is 4.18 Å². The summed E-state index contributed by atoms with van der Waals surface area (Å²) in [6.07, 6.45) is -2.79. The van der Waals surface area contributed by atoms with Crippen LogP contribution in [0.3, 0.4) is 0 Å². The highest BCUT2D eigenvalue weighted by Gasteiger charge is 2.34. The topological polar surface area (TPSA) is 63.7 Å². The van der Waals surface area contributed by atoms with Crippen LogP contribution in [0, 0.1) is 0 Å². The molecular formula is C22H18F3NO4S2. The Balaban J connectivity index is 1.47. The van der Waals surface area contributed by atoms with Crippen LogP contribution in [0.1, 0.15) is 33.6 Å². The summed E-state index contributed by atoms with van der Waals surface area (Å²) in [6.45, 7) is 0.363. The summed E-state index contributed by atoms with van der Waals surface area (Å²) in [5, 5.41) is 1.84. The molecule has 3 aromatic rings. The van der Waals surface area contributed by atoms with E-state index >= 15 is 0 Å². The maximum atomic E-state index is 12.9. The third-order valence-electron chi connectivity index (χ3n) is 4.91. The lowest BCUT2D eigenvalue weighted by Crippen LogP contribution is -2.32. The van der Waals surface area contributed by atoms with Gasteiger partial charge in [-0.05, 0) is 60.2 Å². The minimum absolute atomic E-state index is 0.0336. The van der Waals surface area contributed by atoms with Gasteiger partial charge in [0.1, 0.15) is 10.6 Å². The minimum atomic E-state index is -4.67. The van der Waals surface area contributed by atoms with Crippen LogP contribution in [0.5, 0.6) is 5.75 Å². The molecule has 0 atom stereocenters. The van der Waals surface area contributed by atoms with E-state index in [4.69, 9.17) is 4.18 Å². The Morgan fingerprint density at radius 2 is 1.78 bits per heavy atom. The molecule has 0 bridgehead atoms. The molecule has 32 heavy (non-hydrogen) atoms. The van der Waals surface area contributed by atoms with Gasteiger partial charge in [0.15, 0.2) is 0 Å². The number of benzene rings is 2. The van der Waals surface area contributed by atoms with Gasteiger partial charge in [-0.3, -0.25) is 4.79 Å². The summed E-state index contributed by atoms with van der Waals surface area (Å²) >= 11 is 1.38. The zero-order valence-electron chi connectivity index (χ0n) is 16.6. The van der Waals surface area contributed by atoms with E-state index in [0.29, 0.717) is 17.5 Å². The molecular weight excluding hydrogens is 463 g/mol. The number of thiophene rings is 1. The number of carbonyl (C=O) groups excluding carboxylic acids is 1. The summed E-state index contributed by atoms with van der Waals surface area (Å²) < 4.78 is 68.5. The lowest BCUT2D eigenvalue weighted by atomic mass is 10.2. The predicted octanol–water partition coefficient (Wildman–Crippen LogP) is 5.34. The van der Waals surface area contributed by atoms with Gasteiger partial charge in [-0.1, -0.05) is 24.3 Å². The third kappa shape index (κ3) is 5.13. The molecule has 1 aromatic heterocycles. The van der Waals surface area contributed by atoms with E-state index in [1.807, 2.05) is 11.4 Å². The largest absolute Gasteiger partial charge is 0.416 e. The Morgan fingerprint density at radius 1 is 1.06 bits per heavy atom. The average molecular weight is 482 g/mol. The maximum absolute atomic E-state index is 12.9. The predicted molar refractivity (Wildman–Crippen MR) is 113 cm³/mol. The van der Waals surface area contributed by atoms with Gasteiger partial charge in [0.2, 0.25) is 0 Å². The first-order valence-electron chi connectivity index (χ1n) is 9.69. The van der Waals surface area contributed by atoms with E-state index < -0.39 is 26.8 Å². The molecule has 1 heterocycles. The molecule has 168 valence electrons. The van der Waals surface area contributed by atoms with Crippen LogP contribution in [-0.4, -0.2) is 25.3 Å². The van der Waals surface area contributed by atoms with E-state index in [1.54, 1.807) is 23.1 Å². The second kappa shape index (κ2) is 8.59. The Bertz CT molecular complexity index is 1200. The highest BCUT2D eigenvalue weighted by atomic mass is 32.2. The lowest BCUT2D eigenvalue weighted by molar-refractivity contribution is -0.137. The van der Waals surface area contributed by atoms with Crippen LogP contribution in [0.25, 0.3) is 0 Å². The molecule has 0 N–H and O–H groups in total. The number of carbonyl (C=O) groups is 1. The van der Waals surface area contributed by atoms with Crippen LogP contribution in [-0.2, 0) is 22.8 Å². The summed E-state index contributed by atoms with van der Waals surface area (Å²) in [6, 6.07) is 13.3. The molecule has 10 heteroatoms. The molecule has 1 aliphatic rings. The van der Waals surface area contributed by atoms with Crippen LogP contribution in [0.2, 0.25) is 0 Å². The van der Waals surface area contributed by atoms with E-state index in [9.17, 15) is 26.4 Å². The molecule has 1 saturated carbocycles. The fraction of sp³-hybridized carbons (Fsp3) is 0.227. The van der Waals surface area contributed by atoms with Crippen molar-refractivity contribution < 1.29 is 30.6 Å². The van der Waals surface area contributed by atoms with Gasteiger partial charge in [0.25, 0.3) is 5.91 Å². The summed E-state index contributed by atoms with van der Waals surface area (Å²) in [7, 11) is -4.44. The number of hydrogen-bond donors (Lipinski definition) is 0. The first-order chi connectivity index (χ1) is 15.1. The Kier molecular flexibility index (Phi) is 6.00. The van der Waals surface area contributed by atoms with E-state index in [0.717, 1.165) is 36.6 Å². The number of alkyl halides is 3. The van der Waals surface area contributed by atoms with Crippen molar-refractivity contribution in [1.29, 1.82) is 0 Å². The van der Waals surface area contributed by atoms with Crippen LogP contribution in [0.15, 0.2) is 70.9 Å². The molecule has 1 aliphatic carbocycles. The Labute approximate surface area is 187 Å². The highest BCUT2D eigenvalue weighted by molar-refractivity contribution is 7.87. The zero-order valence-corrected chi connectivity index (χ0v) is 18.2. The standard InChI is InChI=1S/C22H18F3NO4S2/c23-22(24,25)16-3-1-4-19(13-16)32(28,29)30-18-10-6-15(7-11-18)14-26(17-8-9-17)21(27)20-5-2-12-31-20/h1-7,10-13,17H,8-9,14H2. The molecule has 0 spiro atoms. The van der Waals surface area contributed by atoms with E-state index in [2.05, 4.69) is 0 Å². The average Bonchev–Trinajstić information content (AvgIpc) is 3.44. The minimum Gasteiger partial charge on any atom is -0.379 e. The maximum Gasteiger partial charge on any atom is 0.416 e. The highest BCUT2D eigenvalue weighted by Crippen LogP contribution is 2.32. The molecule has 2 aromatic carbocycles. The number of hydrogen-bond acceptors (Lipinski definition) is 5. The van der Waals surface area contributed by atoms with Gasteiger partial charge < -0.3 is 9.08 Å². The number of rotatable bonds is 7. The third-order valence-corrected chi connectivity index (χ3v) is 7.01. The summed E-state index contributed by atoms with van der Waals surface area (Å²) in [4.78, 5) is 14.6. The van der Waals surface area contributed by atoms with Gasteiger partial charge >= 0.3 is 16.3 Å². The molecule has 1 amide bonds. The quantitative estimate of drug-likeness (QED) is 0.428. The second-order valence-corrected chi connectivity index (χ2v) is 9.84. The fourth-order valence-electron chi connectivity index (χ4n) is 3.14. The van der Waals surface area contributed by atoms with Crippen molar-refractivity contribution in [2.24, 2.45) is 0 Å². The first-order valence-corrected chi connectivity index (χ1v) is 12.0. The summed E-state index contributed by atoms with van der Waals surface area (Å²) in [5.41, 5.74) is -0.293. The number of halogens is 3. The Hall–Kier alpha value is -2.85. The normalized spacial score (nSPS) is 14.2. The summed E-state index contributed by atoms with van der Waals surface area (Å²) in [5.74, 6) is -0.0799. The van der Waals surface area contributed by atoms with Crippen molar-refractivity contribution >= 4 is 27.4 Å².